The van der Waals surface area contributed by atoms with Gasteiger partial charge in [-0.05, 0) is 37.7 Å². The van der Waals surface area contributed by atoms with Gasteiger partial charge in [0, 0.05) is 36.6 Å². The molecule has 1 amide bonds. The van der Waals surface area contributed by atoms with E-state index in [1.807, 2.05) is 61.3 Å². The largest absolute Gasteiger partial charge is 0.492 e. The van der Waals surface area contributed by atoms with E-state index < -0.39 is 0 Å². The van der Waals surface area contributed by atoms with Crippen molar-refractivity contribution >= 4 is 16.8 Å². The predicted octanol–water partition coefficient (Wildman–Crippen LogP) is 3.55. The number of aromatic nitrogens is 2. The maximum absolute atomic E-state index is 12.2. The Morgan fingerprint density at radius 1 is 1.10 bits per heavy atom. The molecular weight excluding hydrogens is 392 g/mol. The summed E-state index contributed by atoms with van der Waals surface area (Å²) >= 11 is 0. The SMILES string of the molecule is CCC.CNCCOc1cccc(OCCNC(=O)Cn2cc(C)c3cnccc32)c1. The molecule has 3 rings (SSSR count). The van der Waals surface area contributed by atoms with E-state index in [1.165, 1.54) is 6.42 Å². The molecule has 2 aromatic heterocycles. The first kappa shape index (κ1) is 24.2. The lowest BCUT2D eigenvalue weighted by Crippen LogP contribution is -2.31. The van der Waals surface area contributed by atoms with Gasteiger partial charge in [0.15, 0.2) is 0 Å². The second-order valence-corrected chi connectivity index (χ2v) is 7.17. The van der Waals surface area contributed by atoms with E-state index in [0.29, 0.717) is 19.8 Å². The third kappa shape index (κ3) is 7.94. The Balaban J connectivity index is 0.00000107. The Bertz CT molecular complexity index is 939. The number of nitrogens with zero attached hydrogens (tertiary/aromatic N) is 2. The Labute approximate surface area is 184 Å². The minimum absolute atomic E-state index is 0.0542. The summed E-state index contributed by atoms with van der Waals surface area (Å²) in [6, 6.07) is 9.42. The van der Waals surface area contributed by atoms with Crippen LogP contribution in [-0.2, 0) is 11.3 Å². The van der Waals surface area contributed by atoms with Gasteiger partial charge in [-0.15, -0.1) is 0 Å². The number of hydrogen-bond donors (Lipinski definition) is 2. The molecule has 168 valence electrons. The molecule has 0 aliphatic rings. The fourth-order valence-corrected chi connectivity index (χ4v) is 2.94. The first-order valence-corrected chi connectivity index (χ1v) is 10.7. The van der Waals surface area contributed by atoms with Crippen LogP contribution in [0.1, 0.15) is 25.8 Å². The molecule has 2 heterocycles. The number of rotatable bonds is 10. The van der Waals surface area contributed by atoms with Crippen molar-refractivity contribution in [2.45, 2.75) is 33.7 Å². The molecule has 31 heavy (non-hydrogen) atoms. The number of benzene rings is 1. The zero-order valence-electron chi connectivity index (χ0n) is 19.0. The van der Waals surface area contributed by atoms with Crippen molar-refractivity contribution in [1.29, 1.82) is 0 Å². The average molecular weight is 427 g/mol. The van der Waals surface area contributed by atoms with E-state index >= 15 is 0 Å². The van der Waals surface area contributed by atoms with E-state index in [4.69, 9.17) is 9.47 Å². The minimum Gasteiger partial charge on any atom is -0.492 e. The van der Waals surface area contributed by atoms with Gasteiger partial charge in [-0.1, -0.05) is 26.3 Å². The highest BCUT2D eigenvalue weighted by Gasteiger charge is 2.08. The topological polar surface area (TPSA) is 77.4 Å². The molecule has 3 aromatic rings. The van der Waals surface area contributed by atoms with Gasteiger partial charge in [-0.3, -0.25) is 9.78 Å². The molecule has 0 aliphatic carbocycles. The molecule has 0 atom stereocenters. The molecule has 0 saturated carbocycles. The first-order valence-electron chi connectivity index (χ1n) is 10.7. The summed E-state index contributed by atoms with van der Waals surface area (Å²) in [5, 5.41) is 6.99. The molecule has 2 N–H and O–H groups in total. The van der Waals surface area contributed by atoms with E-state index in [-0.39, 0.29) is 12.5 Å². The number of ether oxygens (including phenoxy) is 2. The number of carbonyl (C=O) groups excluding carboxylic acids is 1. The van der Waals surface area contributed by atoms with Crippen LogP contribution in [0.3, 0.4) is 0 Å². The van der Waals surface area contributed by atoms with Gasteiger partial charge in [0.05, 0.1) is 12.1 Å². The van der Waals surface area contributed by atoms with Crippen molar-refractivity contribution < 1.29 is 14.3 Å². The number of nitrogens with one attached hydrogen (secondary N) is 2. The highest BCUT2D eigenvalue weighted by Crippen LogP contribution is 2.20. The Morgan fingerprint density at radius 2 is 1.77 bits per heavy atom. The summed E-state index contributed by atoms with van der Waals surface area (Å²) in [7, 11) is 1.88. The quantitative estimate of drug-likeness (QED) is 0.485. The molecule has 7 nitrogen and oxygen atoms in total. The molecule has 0 fully saturated rings. The van der Waals surface area contributed by atoms with E-state index in [2.05, 4.69) is 29.5 Å². The highest BCUT2D eigenvalue weighted by atomic mass is 16.5. The number of hydrogen-bond acceptors (Lipinski definition) is 5. The summed E-state index contributed by atoms with van der Waals surface area (Å²) in [5.41, 5.74) is 2.12. The summed E-state index contributed by atoms with van der Waals surface area (Å²) in [5.74, 6) is 1.43. The van der Waals surface area contributed by atoms with Gasteiger partial charge in [-0.2, -0.15) is 0 Å². The van der Waals surface area contributed by atoms with Crippen molar-refractivity contribution in [3.05, 3.63) is 54.5 Å². The van der Waals surface area contributed by atoms with Gasteiger partial charge < -0.3 is 24.7 Å². The maximum atomic E-state index is 12.2. The summed E-state index contributed by atoms with van der Waals surface area (Å²) in [6.07, 6.45) is 6.78. The summed E-state index contributed by atoms with van der Waals surface area (Å²) < 4.78 is 13.3. The molecule has 0 bridgehead atoms. The van der Waals surface area contributed by atoms with Crippen LogP contribution >= 0.6 is 0 Å². The van der Waals surface area contributed by atoms with Crippen molar-refractivity contribution in [2.24, 2.45) is 0 Å². The van der Waals surface area contributed by atoms with E-state index in [9.17, 15) is 4.79 Å². The van der Waals surface area contributed by atoms with Crippen LogP contribution in [0.5, 0.6) is 11.5 Å². The molecule has 0 spiro atoms. The lowest BCUT2D eigenvalue weighted by molar-refractivity contribution is -0.121. The van der Waals surface area contributed by atoms with Crippen molar-refractivity contribution in [2.75, 3.05) is 33.4 Å². The molecule has 0 unspecified atom stereocenters. The zero-order chi connectivity index (χ0) is 22.5. The normalized spacial score (nSPS) is 10.3. The van der Waals surface area contributed by atoms with Crippen molar-refractivity contribution in [3.63, 3.8) is 0 Å². The van der Waals surface area contributed by atoms with Gasteiger partial charge in [0.1, 0.15) is 31.3 Å². The molecule has 7 heteroatoms. The third-order valence-electron chi connectivity index (χ3n) is 4.32. The van der Waals surface area contributed by atoms with Crippen molar-refractivity contribution in [1.82, 2.24) is 20.2 Å². The van der Waals surface area contributed by atoms with Crippen LogP contribution in [0.25, 0.3) is 10.9 Å². The summed E-state index contributed by atoms with van der Waals surface area (Å²) in [6.45, 7) is 8.74. The monoisotopic (exact) mass is 426 g/mol. The van der Waals surface area contributed by atoms with Crippen LogP contribution in [0.2, 0.25) is 0 Å². The van der Waals surface area contributed by atoms with Crippen LogP contribution in [-0.4, -0.2) is 48.8 Å². The van der Waals surface area contributed by atoms with Crippen LogP contribution in [0.15, 0.2) is 48.9 Å². The van der Waals surface area contributed by atoms with Gasteiger partial charge in [-0.25, -0.2) is 0 Å². The highest BCUT2D eigenvalue weighted by molar-refractivity contribution is 5.85. The Kier molecular flexibility index (Phi) is 10.4. The smallest absolute Gasteiger partial charge is 0.240 e. The van der Waals surface area contributed by atoms with Crippen LogP contribution in [0, 0.1) is 6.92 Å². The lowest BCUT2D eigenvalue weighted by atomic mass is 10.2. The van der Waals surface area contributed by atoms with Crippen LogP contribution < -0.4 is 20.1 Å². The van der Waals surface area contributed by atoms with Gasteiger partial charge in [0.2, 0.25) is 5.91 Å². The number of aryl methyl sites for hydroxylation is 1. The third-order valence-corrected chi connectivity index (χ3v) is 4.32. The average Bonchev–Trinajstić information content (AvgIpc) is 3.08. The number of amides is 1. The number of carbonyl (C=O) groups is 1. The molecule has 0 saturated heterocycles. The predicted molar refractivity (Wildman–Crippen MR) is 125 cm³/mol. The molecular formula is C24H34N4O3. The fourth-order valence-electron chi connectivity index (χ4n) is 2.94. The standard InChI is InChI=1S/C21H26N4O3.C3H8/c1-16-14-25(20-6-7-23-13-19(16)20)15-21(26)24-9-11-28-18-5-3-4-17(12-18)27-10-8-22-2;1-3-2/h3-7,12-14,22H,8-11,15H2,1-2H3,(H,24,26);3H2,1-2H3. The van der Waals surface area contributed by atoms with Gasteiger partial charge in [0.25, 0.3) is 0 Å². The maximum Gasteiger partial charge on any atom is 0.240 e. The second kappa shape index (κ2) is 13.3. The van der Waals surface area contributed by atoms with E-state index in [0.717, 1.165) is 34.5 Å². The van der Waals surface area contributed by atoms with Crippen LogP contribution in [0.4, 0.5) is 0 Å². The number of likely N-dealkylation sites (N-methyl/N-ethyl adjacent to an activating group) is 1. The minimum atomic E-state index is -0.0542. The zero-order valence-corrected chi connectivity index (χ0v) is 19.0. The van der Waals surface area contributed by atoms with Crippen molar-refractivity contribution in [3.8, 4) is 11.5 Å². The fraction of sp³-hybridized carbons (Fsp3) is 0.417. The number of pyridine rings is 1. The lowest BCUT2D eigenvalue weighted by Gasteiger charge is -2.10. The molecule has 0 radical (unpaired) electrons. The molecule has 0 aliphatic heterocycles. The Hall–Kier alpha value is -3.06. The molecule has 1 aromatic carbocycles. The Morgan fingerprint density at radius 3 is 2.45 bits per heavy atom. The van der Waals surface area contributed by atoms with E-state index in [1.54, 1.807) is 6.20 Å². The van der Waals surface area contributed by atoms with Gasteiger partial charge >= 0.3 is 0 Å². The first-order chi connectivity index (χ1) is 15.1. The number of fused-ring (bicyclic) bond motifs is 1. The summed E-state index contributed by atoms with van der Waals surface area (Å²) in [4.78, 5) is 16.4. The second-order valence-electron chi connectivity index (χ2n) is 7.17.